The van der Waals surface area contributed by atoms with Crippen LogP contribution in [-0.4, -0.2) is 49.0 Å². The minimum atomic E-state index is 0.209. The van der Waals surface area contributed by atoms with Gasteiger partial charge in [0.2, 0.25) is 0 Å². The van der Waals surface area contributed by atoms with E-state index in [0.29, 0.717) is 5.92 Å². The first-order chi connectivity index (χ1) is 11.4. The molecule has 0 bridgehead atoms. The molecule has 0 amide bonds. The summed E-state index contributed by atoms with van der Waals surface area (Å²) in [7, 11) is 0. The molecule has 0 saturated carbocycles. The molecule has 1 aliphatic heterocycles. The molecule has 2 aromatic rings. The van der Waals surface area contributed by atoms with Crippen molar-refractivity contribution in [1.82, 2.24) is 4.90 Å². The van der Waals surface area contributed by atoms with Gasteiger partial charge in [-0.3, -0.25) is 4.90 Å². The Bertz CT molecular complexity index is 531. The molecule has 2 aromatic carbocycles. The Kier molecular flexibility index (Phi) is 5.81. The molecule has 0 unspecified atom stereocenters. The van der Waals surface area contributed by atoms with Crippen LogP contribution in [0.25, 0.3) is 0 Å². The van der Waals surface area contributed by atoms with Crippen LogP contribution in [0.4, 0.5) is 0 Å². The molecule has 3 nitrogen and oxygen atoms in total. The van der Waals surface area contributed by atoms with Gasteiger partial charge in [0.1, 0.15) is 0 Å². The van der Waals surface area contributed by atoms with Crippen molar-refractivity contribution in [3.63, 3.8) is 0 Å². The van der Waals surface area contributed by atoms with Crippen LogP contribution in [0.5, 0.6) is 0 Å². The molecule has 0 spiro atoms. The number of aliphatic hydroxyl groups excluding tert-OH is 1. The van der Waals surface area contributed by atoms with E-state index in [0.717, 1.165) is 32.7 Å². The molecule has 0 aliphatic carbocycles. The number of hydrogen-bond donors (Lipinski definition) is 1. The van der Waals surface area contributed by atoms with Gasteiger partial charge in [0, 0.05) is 25.6 Å². The van der Waals surface area contributed by atoms with Gasteiger partial charge in [-0.2, -0.15) is 0 Å². The van der Waals surface area contributed by atoms with Gasteiger partial charge in [-0.15, -0.1) is 0 Å². The molecular weight excluding hydrogens is 286 g/mol. The number of benzene rings is 2. The number of β-amino-alcohol motifs (C(OH)–C–C–N with tert-alkyl or cyclic N) is 1. The van der Waals surface area contributed by atoms with Crippen molar-refractivity contribution in [1.29, 1.82) is 0 Å². The van der Waals surface area contributed by atoms with Crippen LogP contribution in [0.2, 0.25) is 0 Å². The molecule has 3 heteroatoms. The molecule has 0 aromatic heterocycles. The summed E-state index contributed by atoms with van der Waals surface area (Å²) in [6.45, 7) is 3.52. The Labute approximate surface area is 138 Å². The van der Waals surface area contributed by atoms with E-state index in [1.807, 2.05) is 0 Å². The maximum atomic E-state index is 9.16. The smallest absolute Gasteiger partial charge is 0.0711 e. The SMILES string of the molecule is OCCN1CCO[C@H](CC(c2ccccc2)c2ccccc2)C1. The Morgan fingerprint density at radius 2 is 1.61 bits per heavy atom. The Hall–Kier alpha value is -1.68. The number of morpholine rings is 1. The van der Waals surface area contributed by atoms with Crippen molar-refractivity contribution in [2.45, 2.75) is 18.4 Å². The quantitative estimate of drug-likeness (QED) is 0.890. The average molecular weight is 311 g/mol. The van der Waals surface area contributed by atoms with Crippen LogP contribution in [0.15, 0.2) is 60.7 Å². The van der Waals surface area contributed by atoms with E-state index in [2.05, 4.69) is 65.6 Å². The van der Waals surface area contributed by atoms with Crippen molar-refractivity contribution in [2.75, 3.05) is 32.8 Å². The van der Waals surface area contributed by atoms with E-state index in [1.54, 1.807) is 0 Å². The largest absolute Gasteiger partial charge is 0.395 e. The highest BCUT2D eigenvalue weighted by molar-refractivity contribution is 5.32. The fourth-order valence-corrected chi connectivity index (χ4v) is 3.37. The number of aliphatic hydroxyl groups is 1. The van der Waals surface area contributed by atoms with Gasteiger partial charge >= 0.3 is 0 Å². The predicted octanol–water partition coefficient (Wildman–Crippen LogP) is 2.90. The van der Waals surface area contributed by atoms with Crippen molar-refractivity contribution < 1.29 is 9.84 Å². The van der Waals surface area contributed by atoms with Crippen molar-refractivity contribution in [2.24, 2.45) is 0 Å². The van der Waals surface area contributed by atoms with E-state index >= 15 is 0 Å². The summed E-state index contributed by atoms with van der Waals surface area (Å²) in [4.78, 5) is 2.29. The molecule has 1 saturated heterocycles. The van der Waals surface area contributed by atoms with Gasteiger partial charge < -0.3 is 9.84 Å². The molecular formula is C20H25NO2. The highest BCUT2D eigenvalue weighted by Gasteiger charge is 2.25. The summed E-state index contributed by atoms with van der Waals surface area (Å²) in [6.07, 6.45) is 1.18. The minimum absolute atomic E-state index is 0.209. The summed E-state index contributed by atoms with van der Waals surface area (Å²) in [5.74, 6) is 0.344. The second-order valence-corrected chi connectivity index (χ2v) is 6.13. The van der Waals surface area contributed by atoms with E-state index in [4.69, 9.17) is 9.84 Å². The van der Waals surface area contributed by atoms with E-state index < -0.39 is 0 Å². The molecule has 23 heavy (non-hydrogen) atoms. The van der Waals surface area contributed by atoms with Crippen LogP contribution in [-0.2, 0) is 4.74 Å². The van der Waals surface area contributed by atoms with Gasteiger partial charge in [-0.1, -0.05) is 60.7 Å². The van der Waals surface area contributed by atoms with Gasteiger partial charge in [0.15, 0.2) is 0 Å². The highest BCUT2D eigenvalue weighted by atomic mass is 16.5. The first-order valence-corrected chi connectivity index (χ1v) is 8.41. The topological polar surface area (TPSA) is 32.7 Å². The Morgan fingerprint density at radius 3 is 2.17 bits per heavy atom. The van der Waals surface area contributed by atoms with Crippen LogP contribution < -0.4 is 0 Å². The average Bonchev–Trinajstić information content (AvgIpc) is 2.62. The molecule has 1 atom stereocenters. The third kappa shape index (κ3) is 4.41. The Balaban J connectivity index is 1.77. The lowest BCUT2D eigenvalue weighted by Gasteiger charge is -2.34. The zero-order valence-corrected chi connectivity index (χ0v) is 13.5. The molecule has 1 heterocycles. The van der Waals surface area contributed by atoms with Crippen LogP contribution in [0.1, 0.15) is 23.5 Å². The van der Waals surface area contributed by atoms with Gasteiger partial charge in [0.05, 0.1) is 19.3 Å². The summed E-state index contributed by atoms with van der Waals surface area (Å²) in [5.41, 5.74) is 2.67. The first kappa shape index (κ1) is 16.2. The van der Waals surface area contributed by atoms with Gasteiger partial charge in [0.25, 0.3) is 0 Å². The summed E-state index contributed by atoms with van der Waals surface area (Å²) >= 11 is 0. The third-order valence-electron chi connectivity index (χ3n) is 4.54. The lowest BCUT2D eigenvalue weighted by atomic mass is 9.86. The summed E-state index contributed by atoms with van der Waals surface area (Å²) in [6, 6.07) is 21.3. The number of ether oxygens (including phenoxy) is 1. The highest BCUT2D eigenvalue weighted by Crippen LogP contribution is 2.30. The van der Waals surface area contributed by atoms with Gasteiger partial charge in [-0.05, 0) is 17.5 Å². The van der Waals surface area contributed by atoms with E-state index in [-0.39, 0.29) is 12.7 Å². The first-order valence-electron chi connectivity index (χ1n) is 8.41. The number of rotatable bonds is 6. The fourth-order valence-electron chi connectivity index (χ4n) is 3.37. The molecule has 122 valence electrons. The molecule has 3 rings (SSSR count). The van der Waals surface area contributed by atoms with Gasteiger partial charge in [-0.25, -0.2) is 0 Å². The standard InChI is InChI=1S/C20H25NO2/c22-13-11-21-12-14-23-19(16-21)15-20(17-7-3-1-4-8-17)18-9-5-2-6-10-18/h1-10,19-20,22H,11-16H2/t19-/m1/s1. The zero-order valence-electron chi connectivity index (χ0n) is 13.5. The molecule has 1 fully saturated rings. The number of hydrogen-bond acceptors (Lipinski definition) is 3. The molecule has 1 N–H and O–H groups in total. The maximum Gasteiger partial charge on any atom is 0.0711 e. The lowest BCUT2D eigenvalue weighted by Crippen LogP contribution is -2.44. The molecule has 1 aliphatic rings. The van der Waals surface area contributed by atoms with Crippen LogP contribution in [0.3, 0.4) is 0 Å². The third-order valence-corrected chi connectivity index (χ3v) is 4.54. The maximum absolute atomic E-state index is 9.16. The second-order valence-electron chi connectivity index (χ2n) is 6.13. The van der Waals surface area contributed by atoms with Crippen LogP contribution >= 0.6 is 0 Å². The van der Waals surface area contributed by atoms with Crippen molar-refractivity contribution in [3.8, 4) is 0 Å². The number of nitrogens with zero attached hydrogens (tertiary/aromatic N) is 1. The van der Waals surface area contributed by atoms with E-state index in [1.165, 1.54) is 11.1 Å². The fraction of sp³-hybridized carbons (Fsp3) is 0.400. The Morgan fingerprint density at radius 1 is 1.00 bits per heavy atom. The van der Waals surface area contributed by atoms with Crippen molar-refractivity contribution >= 4 is 0 Å². The van der Waals surface area contributed by atoms with Crippen molar-refractivity contribution in [3.05, 3.63) is 71.8 Å². The predicted molar refractivity (Wildman–Crippen MR) is 92.6 cm³/mol. The summed E-state index contributed by atoms with van der Waals surface area (Å²) < 4.78 is 6.00. The van der Waals surface area contributed by atoms with Crippen LogP contribution in [0, 0.1) is 0 Å². The zero-order chi connectivity index (χ0) is 15.9. The monoisotopic (exact) mass is 311 g/mol. The minimum Gasteiger partial charge on any atom is -0.395 e. The molecule has 0 radical (unpaired) electrons. The van der Waals surface area contributed by atoms with E-state index in [9.17, 15) is 0 Å². The summed E-state index contributed by atoms with van der Waals surface area (Å²) in [5, 5.41) is 9.16. The normalized spacial score (nSPS) is 19.1. The second kappa shape index (κ2) is 8.25. The lowest BCUT2D eigenvalue weighted by molar-refractivity contribution is -0.0372.